The number of hydrogen-bond donors (Lipinski definition) is 1. The Bertz CT molecular complexity index is 492. The van der Waals surface area contributed by atoms with Crippen molar-refractivity contribution in [1.29, 1.82) is 0 Å². The first kappa shape index (κ1) is 12.5. The Morgan fingerprint density at radius 2 is 2.21 bits per heavy atom. The van der Waals surface area contributed by atoms with E-state index in [1.165, 1.54) is 30.3 Å². The first-order valence-electron chi connectivity index (χ1n) is 7.18. The van der Waals surface area contributed by atoms with Gasteiger partial charge in [0.05, 0.1) is 12.5 Å². The van der Waals surface area contributed by atoms with Crippen LogP contribution in [0.15, 0.2) is 18.2 Å². The largest absolute Gasteiger partial charge is 0.469 e. The molecule has 0 aromatic heterocycles. The molecule has 1 aromatic rings. The minimum Gasteiger partial charge on any atom is -0.469 e. The molecular weight excluding hydrogens is 238 g/mol. The number of ether oxygens (including phenoxy) is 1. The minimum atomic E-state index is -0.245. The highest BCUT2D eigenvalue weighted by Crippen LogP contribution is 2.45. The van der Waals surface area contributed by atoms with Gasteiger partial charge < -0.3 is 10.1 Å². The molecule has 3 heteroatoms. The molecule has 0 amide bonds. The highest BCUT2D eigenvalue weighted by atomic mass is 16.5. The lowest BCUT2D eigenvalue weighted by atomic mass is 9.65. The van der Waals surface area contributed by atoms with E-state index in [1.807, 2.05) is 0 Å². The number of methoxy groups -OCH3 is 1. The van der Waals surface area contributed by atoms with Crippen LogP contribution in [0, 0.1) is 5.41 Å². The van der Waals surface area contributed by atoms with Crippen molar-refractivity contribution in [2.24, 2.45) is 5.41 Å². The average Bonchev–Trinajstić information content (AvgIpc) is 2.42. The Morgan fingerprint density at radius 1 is 1.37 bits per heavy atom. The van der Waals surface area contributed by atoms with Gasteiger partial charge in [-0.05, 0) is 49.3 Å². The summed E-state index contributed by atoms with van der Waals surface area (Å²) < 4.78 is 4.99. The summed E-state index contributed by atoms with van der Waals surface area (Å²) in [7, 11) is 1.50. The lowest BCUT2D eigenvalue weighted by Gasteiger charge is -2.39. The van der Waals surface area contributed by atoms with E-state index in [0.29, 0.717) is 0 Å². The van der Waals surface area contributed by atoms with E-state index in [0.717, 1.165) is 38.6 Å². The number of esters is 1. The van der Waals surface area contributed by atoms with Gasteiger partial charge in [0.15, 0.2) is 0 Å². The smallest absolute Gasteiger partial charge is 0.312 e. The summed E-state index contributed by atoms with van der Waals surface area (Å²) in [5.41, 5.74) is 3.68. The number of hydrogen-bond acceptors (Lipinski definition) is 3. The van der Waals surface area contributed by atoms with E-state index >= 15 is 0 Å². The normalized spacial score (nSPS) is 19.8. The predicted octanol–water partition coefficient (Wildman–Crippen LogP) is 2.93. The number of rotatable bonds is 3. The van der Waals surface area contributed by atoms with Crippen LogP contribution < -0.4 is 5.32 Å². The van der Waals surface area contributed by atoms with Gasteiger partial charge in [0.1, 0.15) is 0 Å². The van der Waals surface area contributed by atoms with Crippen LogP contribution in [-0.2, 0) is 22.4 Å². The van der Waals surface area contributed by atoms with Crippen LogP contribution in [0.5, 0.6) is 0 Å². The number of fused-ring (bicyclic) bond motifs is 1. The summed E-state index contributed by atoms with van der Waals surface area (Å²) in [6.07, 6.45) is 6.23. The second-order valence-corrected chi connectivity index (χ2v) is 5.82. The maximum Gasteiger partial charge on any atom is 0.312 e. The van der Waals surface area contributed by atoms with E-state index in [4.69, 9.17) is 4.74 Å². The van der Waals surface area contributed by atoms with E-state index in [-0.39, 0.29) is 11.4 Å². The average molecular weight is 259 g/mol. The van der Waals surface area contributed by atoms with Crippen LogP contribution in [0.25, 0.3) is 0 Å². The Hall–Kier alpha value is -1.51. The SMILES string of the molecule is COC(=O)C1(Cc2ccc3c(c2)CCCN3)CCC1. The van der Waals surface area contributed by atoms with Gasteiger partial charge in [0, 0.05) is 12.2 Å². The molecule has 3 nitrogen and oxygen atoms in total. The molecule has 3 rings (SSSR count). The second-order valence-electron chi connectivity index (χ2n) is 5.82. The summed E-state index contributed by atoms with van der Waals surface area (Å²) in [5.74, 6) is -0.0328. The highest BCUT2D eigenvalue weighted by Gasteiger charge is 2.45. The zero-order valence-electron chi connectivity index (χ0n) is 11.5. The third kappa shape index (κ3) is 2.22. The monoisotopic (exact) mass is 259 g/mol. The van der Waals surface area contributed by atoms with Crippen LogP contribution in [0.2, 0.25) is 0 Å². The quantitative estimate of drug-likeness (QED) is 0.848. The number of nitrogens with one attached hydrogen (secondary N) is 1. The molecule has 1 aromatic carbocycles. The van der Waals surface area contributed by atoms with Crippen LogP contribution in [0.3, 0.4) is 0 Å². The van der Waals surface area contributed by atoms with E-state index in [9.17, 15) is 4.79 Å². The molecule has 19 heavy (non-hydrogen) atoms. The molecule has 1 aliphatic heterocycles. The fraction of sp³-hybridized carbons (Fsp3) is 0.562. The summed E-state index contributed by atoms with van der Waals surface area (Å²) in [6.45, 7) is 1.07. The number of carbonyl (C=O) groups is 1. The van der Waals surface area contributed by atoms with E-state index < -0.39 is 0 Å². The summed E-state index contributed by atoms with van der Waals surface area (Å²) in [4.78, 5) is 12.0. The zero-order valence-corrected chi connectivity index (χ0v) is 11.5. The van der Waals surface area contributed by atoms with Crippen LogP contribution in [-0.4, -0.2) is 19.6 Å². The van der Waals surface area contributed by atoms with Crippen LogP contribution in [0.4, 0.5) is 5.69 Å². The maximum absolute atomic E-state index is 12.0. The Labute approximate surface area is 114 Å². The van der Waals surface area contributed by atoms with Crippen molar-refractivity contribution in [2.75, 3.05) is 19.0 Å². The van der Waals surface area contributed by atoms with Gasteiger partial charge >= 0.3 is 5.97 Å². The van der Waals surface area contributed by atoms with E-state index in [1.54, 1.807) is 0 Å². The molecule has 0 unspecified atom stereocenters. The number of benzene rings is 1. The highest BCUT2D eigenvalue weighted by molar-refractivity contribution is 5.78. The Balaban J connectivity index is 1.81. The minimum absolute atomic E-state index is 0.0328. The third-order valence-electron chi connectivity index (χ3n) is 4.58. The molecule has 102 valence electrons. The molecule has 1 aliphatic carbocycles. The zero-order chi connectivity index (χ0) is 13.3. The Morgan fingerprint density at radius 3 is 2.89 bits per heavy atom. The van der Waals surface area contributed by atoms with Crippen molar-refractivity contribution in [1.82, 2.24) is 0 Å². The molecule has 1 N–H and O–H groups in total. The van der Waals surface area contributed by atoms with Crippen molar-refractivity contribution in [3.8, 4) is 0 Å². The number of aryl methyl sites for hydroxylation is 1. The van der Waals surface area contributed by atoms with Crippen molar-refractivity contribution in [2.45, 2.75) is 38.5 Å². The maximum atomic E-state index is 12.0. The first-order valence-corrected chi connectivity index (χ1v) is 7.18. The van der Waals surface area contributed by atoms with Gasteiger partial charge in [0.25, 0.3) is 0 Å². The molecule has 0 radical (unpaired) electrons. The van der Waals surface area contributed by atoms with Crippen LogP contribution in [0.1, 0.15) is 36.8 Å². The van der Waals surface area contributed by atoms with Crippen molar-refractivity contribution >= 4 is 11.7 Å². The Kier molecular flexibility index (Phi) is 3.21. The van der Waals surface area contributed by atoms with Gasteiger partial charge in [-0.2, -0.15) is 0 Å². The molecular formula is C16H21NO2. The molecule has 0 bridgehead atoms. The molecule has 2 aliphatic rings. The van der Waals surface area contributed by atoms with Crippen molar-refractivity contribution in [3.05, 3.63) is 29.3 Å². The number of carbonyl (C=O) groups excluding carboxylic acids is 1. The van der Waals surface area contributed by atoms with Crippen molar-refractivity contribution < 1.29 is 9.53 Å². The third-order valence-corrected chi connectivity index (χ3v) is 4.58. The summed E-state index contributed by atoms with van der Waals surface area (Å²) >= 11 is 0. The standard InChI is InChI=1S/C16H21NO2/c1-19-15(18)16(7-3-8-16)11-12-5-6-14-13(10-12)4-2-9-17-14/h5-6,10,17H,2-4,7-9,11H2,1H3. The molecule has 0 saturated heterocycles. The van der Waals surface area contributed by atoms with E-state index in [2.05, 4.69) is 23.5 Å². The lowest BCUT2D eigenvalue weighted by Crippen LogP contribution is -2.40. The fourth-order valence-electron chi connectivity index (χ4n) is 3.30. The molecule has 1 heterocycles. The first-order chi connectivity index (χ1) is 9.23. The van der Waals surface area contributed by atoms with Gasteiger partial charge in [-0.3, -0.25) is 4.79 Å². The summed E-state index contributed by atoms with van der Waals surface area (Å²) in [6, 6.07) is 6.58. The van der Waals surface area contributed by atoms with Gasteiger partial charge in [-0.25, -0.2) is 0 Å². The van der Waals surface area contributed by atoms with Gasteiger partial charge in [-0.15, -0.1) is 0 Å². The predicted molar refractivity (Wildman–Crippen MR) is 75.3 cm³/mol. The van der Waals surface area contributed by atoms with Gasteiger partial charge in [0.2, 0.25) is 0 Å². The molecule has 1 fully saturated rings. The summed E-state index contributed by atoms with van der Waals surface area (Å²) in [5, 5.41) is 3.42. The lowest BCUT2D eigenvalue weighted by molar-refractivity contribution is -0.158. The molecule has 0 spiro atoms. The molecule has 0 atom stereocenters. The fourth-order valence-corrected chi connectivity index (χ4v) is 3.30. The topological polar surface area (TPSA) is 38.3 Å². The van der Waals surface area contributed by atoms with Gasteiger partial charge in [-0.1, -0.05) is 18.6 Å². The number of anilines is 1. The van der Waals surface area contributed by atoms with Crippen LogP contribution >= 0.6 is 0 Å². The molecule has 1 saturated carbocycles. The van der Waals surface area contributed by atoms with Crippen molar-refractivity contribution in [3.63, 3.8) is 0 Å². The second kappa shape index (κ2) is 4.87.